The fraction of sp³-hybridized carbons (Fsp3) is 0.800. The van der Waals surface area contributed by atoms with Crippen molar-refractivity contribution in [2.24, 2.45) is 0 Å². The van der Waals surface area contributed by atoms with E-state index in [1.165, 1.54) is 0 Å². The van der Waals surface area contributed by atoms with Crippen molar-refractivity contribution in [1.29, 1.82) is 0 Å². The maximum Gasteiger partial charge on any atom is 0.136 e. The Morgan fingerprint density at radius 2 is 2.38 bits per heavy atom. The molecule has 1 aliphatic heterocycles. The molecule has 3 nitrogen and oxygen atoms in total. The molecule has 0 bridgehead atoms. The summed E-state index contributed by atoms with van der Waals surface area (Å²) in [5.74, 6) is 0. The molecule has 1 heterocycles. The number of rotatable bonds is 1. The van der Waals surface area contributed by atoms with Crippen molar-refractivity contribution in [3.05, 3.63) is 0 Å². The lowest BCUT2D eigenvalue weighted by Crippen LogP contribution is -2.29. The van der Waals surface area contributed by atoms with E-state index in [9.17, 15) is 4.79 Å². The second kappa shape index (κ2) is 2.24. The largest absolute Gasteiger partial charge is 0.379 e. The van der Waals surface area contributed by atoms with Gasteiger partial charge < -0.3 is 9.90 Å². The smallest absolute Gasteiger partial charge is 0.136 e. The van der Waals surface area contributed by atoms with Gasteiger partial charge in [-0.2, -0.15) is 0 Å². The van der Waals surface area contributed by atoms with Gasteiger partial charge in [-0.05, 0) is 12.8 Å². The first-order chi connectivity index (χ1) is 3.83. The van der Waals surface area contributed by atoms with E-state index in [0.717, 1.165) is 12.7 Å². The zero-order valence-corrected chi connectivity index (χ0v) is 4.50. The number of carbonyl (C=O) groups excluding carboxylic acids is 1. The summed E-state index contributed by atoms with van der Waals surface area (Å²) in [5, 5.41) is 11.5. The molecule has 0 aromatic heterocycles. The quantitative estimate of drug-likeness (QED) is 0.442. The molecule has 3 heteroatoms. The van der Waals surface area contributed by atoms with Crippen LogP contribution in [-0.4, -0.2) is 23.7 Å². The summed E-state index contributed by atoms with van der Waals surface area (Å²) in [7, 11) is 0. The number of aldehydes is 1. The van der Waals surface area contributed by atoms with Gasteiger partial charge in [-0.15, -0.1) is 0 Å². The number of carbonyl (C=O) groups is 1. The fourth-order valence-corrected chi connectivity index (χ4v) is 0.859. The number of aliphatic hydroxyl groups is 1. The summed E-state index contributed by atoms with van der Waals surface area (Å²) in [5.41, 5.74) is 0. The molecule has 46 valence electrons. The van der Waals surface area contributed by atoms with Gasteiger partial charge >= 0.3 is 0 Å². The van der Waals surface area contributed by atoms with Crippen LogP contribution in [0.15, 0.2) is 0 Å². The van der Waals surface area contributed by atoms with Crippen LogP contribution in [0.25, 0.3) is 0 Å². The third-order valence-corrected chi connectivity index (χ3v) is 1.32. The molecule has 1 rings (SSSR count). The number of aliphatic hydroxyl groups excluding tert-OH is 1. The van der Waals surface area contributed by atoms with Crippen LogP contribution >= 0.6 is 0 Å². The molecule has 1 saturated heterocycles. The topological polar surface area (TPSA) is 49.3 Å². The van der Waals surface area contributed by atoms with E-state index in [2.05, 4.69) is 5.32 Å². The second-order valence-corrected chi connectivity index (χ2v) is 2.00. The Hall–Kier alpha value is -0.410. The van der Waals surface area contributed by atoms with Gasteiger partial charge in [-0.1, -0.05) is 0 Å². The summed E-state index contributed by atoms with van der Waals surface area (Å²) >= 11 is 0. The average molecular weight is 115 g/mol. The first-order valence-electron chi connectivity index (χ1n) is 2.72. The summed E-state index contributed by atoms with van der Waals surface area (Å²) < 4.78 is 0. The predicted molar refractivity (Wildman–Crippen MR) is 28.2 cm³/mol. The Balaban J connectivity index is 2.32. The molecule has 2 N–H and O–H groups in total. The zero-order chi connectivity index (χ0) is 5.98. The highest BCUT2D eigenvalue weighted by Gasteiger charge is 2.19. The van der Waals surface area contributed by atoms with Gasteiger partial charge in [0, 0.05) is 0 Å². The Labute approximate surface area is 47.7 Å². The predicted octanol–water partition coefficient (Wildman–Crippen LogP) is -0.744. The summed E-state index contributed by atoms with van der Waals surface area (Å²) in [4.78, 5) is 9.98. The summed E-state index contributed by atoms with van der Waals surface area (Å²) in [6.45, 7) is 0. The molecular weight excluding hydrogens is 106 g/mol. The number of hydrogen-bond donors (Lipinski definition) is 2. The highest BCUT2D eigenvalue weighted by atomic mass is 16.3. The maximum atomic E-state index is 9.98. The molecular formula is C5H9NO2. The minimum Gasteiger partial charge on any atom is -0.379 e. The maximum absolute atomic E-state index is 9.98. The molecule has 8 heavy (non-hydrogen) atoms. The third-order valence-electron chi connectivity index (χ3n) is 1.32. The van der Waals surface area contributed by atoms with E-state index in [-0.39, 0.29) is 6.04 Å². The second-order valence-electron chi connectivity index (χ2n) is 2.00. The minimum absolute atomic E-state index is 0.106. The van der Waals surface area contributed by atoms with Crippen LogP contribution in [0.4, 0.5) is 0 Å². The highest BCUT2D eigenvalue weighted by Crippen LogP contribution is 2.06. The molecule has 1 aliphatic rings. The molecule has 2 atom stereocenters. The van der Waals surface area contributed by atoms with Crippen LogP contribution in [0.5, 0.6) is 0 Å². The van der Waals surface area contributed by atoms with Gasteiger partial charge in [0.2, 0.25) is 0 Å². The van der Waals surface area contributed by atoms with Gasteiger partial charge in [0.1, 0.15) is 12.5 Å². The van der Waals surface area contributed by atoms with E-state index in [1.54, 1.807) is 0 Å². The Morgan fingerprint density at radius 3 is 2.62 bits per heavy atom. The zero-order valence-electron chi connectivity index (χ0n) is 4.50. The SMILES string of the molecule is O=C[C@@H]1CCC(O)N1. The van der Waals surface area contributed by atoms with Crippen molar-refractivity contribution in [1.82, 2.24) is 5.32 Å². The van der Waals surface area contributed by atoms with Gasteiger partial charge in [-0.3, -0.25) is 5.32 Å². The van der Waals surface area contributed by atoms with Gasteiger partial charge in [-0.25, -0.2) is 0 Å². The normalized spacial score (nSPS) is 37.6. The van der Waals surface area contributed by atoms with Crippen molar-refractivity contribution in [2.45, 2.75) is 25.1 Å². The molecule has 0 saturated carbocycles. The van der Waals surface area contributed by atoms with Gasteiger partial charge in [0.05, 0.1) is 6.04 Å². The summed E-state index contributed by atoms with van der Waals surface area (Å²) in [6, 6.07) is -0.106. The van der Waals surface area contributed by atoms with Crippen LogP contribution < -0.4 is 5.32 Å². The lowest BCUT2D eigenvalue weighted by atomic mass is 10.2. The van der Waals surface area contributed by atoms with Gasteiger partial charge in [0.25, 0.3) is 0 Å². The van der Waals surface area contributed by atoms with E-state index in [0.29, 0.717) is 6.42 Å². The van der Waals surface area contributed by atoms with Crippen molar-refractivity contribution in [3.63, 3.8) is 0 Å². The third kappa shape index (κ3) is 1.05. The Morgan fingerprint density at radius 1 is 1.62 bits per heavy atom. The van der Waals surface area contributed by atoms with E-state index in [4.69, 9.17) is 5.11 Å². The van der Waals surface area contributed by atoms with Crippen molar-refractivity contribution in [3.8, 4) is 0 Å². The average Bonchev–Trinajstić information content (AvgIpc) is 2.14. The van der Waals surface area contributed by atoms with Crippen LogP contribution in [0, 0.1) is 0 Å². The molecule has 1 unspecified atom stereocenters. The lowest BCUT2D eigenvalue weighted by molar-refractivity contribution is -0.109. The van der Waals surface area contributed by atoms with E-state index >= 15 is 0 Å². The molecule has 0 radical (unpaired) electrons. The first-order valence-corrected chi connectivity index (χ1v) is 2.72. The fourth-order valence-electron chi connectivity index (χ4n) is 0.859. The van der Waals surface area contributed by atoms with Crippen LogP contribution in [0.2, 0.25) is 0 Å². The highest BCUT2D eigenvalue weighted by molar-refractivity contribution is 5.57. The Kier molecular flexibility index (Phi) is 1.60. The van der Waals surface area contributed by atoms with Crippen LogP contribution in [-0.2, 0) is 4.79 Å². The molecule has 0 aromatic rings. The minimum atomic E-state index is -0.454. The van der Waals surface area contributed by atoms with Crippen molar-refractivity contribution in [2.75, 3.05) is 0 Å². The monoisotopic (exact) mass is 115 g/mol. The van der Waals surface area contributed by atoms with Crippen LogP contribution in [0.3, 0.4) is 0 Å². The molecule has 0 amide bonds. The molecule has 0 aliphatic carbocycles. The van der Waals surface area contributed by atoms with Gasteiger partial charge in [0.15, 0.2) is 0 Å². The standard InChI is InChI=1S/C5H9NO2/c7-3-4-1-2-5(8)6-4/h3-6,8H,1-2H2/t4-,5?/m0/s1. The number of nitrogens with one attached hydrogen (secondary N) is 1. The molecule has 1 fully saturated rings. The molecule has 0 spiro atoms. The first kappa shape index (κ1) is 5.72. The lowest BCUT2D eigenvalue weighted by Gasteiger charge is -2.00. The van der Waals surface area contributed by atoms with Crippen molar-refractivity contribution < 1.29 is 9.90 Å². The Bertz CT molecular complexity index is 94.4. The van der Waals surface area contributed by atoms with E-state index < -0.39 is 6.23 Å². The van der Waals surface area contributed by atoms with Crippen LogP contribution in [0.1, 0.15) is 12.8 Å². The summed E-state index contributed by atoms with van der Waals surface area (Å²) in [6.07, 6.45) is 1.84. The molecule has 0 aromatic carbocycles. The number of hydrogen-bond acceptors (Lipinski definition) is 3. The van der Waals surface area contributed by atoms with Crippen molar-refractivity contribution >= 4 is 6.29 Å². The van der Waals surface area contributed by atoms with E-state index in [1.807, 2.05) is 0 Å².